The quantitative estimate of drug-likeness (QED) is 0.311. The summed E-state index contributed by atoms with van der Waals surface area (Å²) in [7, 11) is 0. The maximum atomic E-state index is 9.84. The van der Waals surface area contributed by atoms with Gasteiger partial charge in [0.1, 0.15) is 6.29 Å². The van der Waals surface area contributed by atoms with Crippen molar-refractivity contribution in [3.63, 3.8) is 0 Å². The fraction of sp³-hybridized carbons (Fsp3) is 0.400. The molecule has 0 bridgehead atoms. The van der Waals surface area contributed by atoms with Gasteiger partial charge in [-0.15, -0.1) is 12.6 Å². The third-order valence-electron chi connectivity index (χ3n) is 0.747. The molecule has 0 radical (unpaired) electrons. The third kappa shape index (κ3) is 2.45. The van der Waals surface area contributed by atoms with Crippen LogP contribution in [-0.4, -0.2) is 6.29 Å². The van der Waals surface area contributed by atoms with E-state index in [1.807, 2.05) is 0 Å². The van der Waals surface area contributed by atoms with Gasteiger partial charge >= 0.3 is 0 Å². The van der Waals surface area contributed by atoms with E-state index in [-0.39, 0.29) is 0 Å². The number of rotatable bonds is 1. The second-order valence-corrected chi connectivity index (χ2v) is 2.06. The molecule has 0 saturated heterocycles. The van der Waals surface area contributed by atoms with Gasteiger partial charge in [-0.25, -0.2) is 0 Å². The summed E-state index contributed by atoms with van der Waals surface area (Å²) in [6.45, 7) is 3.52. The normalized spacial score (nSPS) is 13.0. The van der Waals surface area contributed by atoms with Crippen LogP contribution in [-0.2, 0) is 4.79 Å². The van der Waals surface area contributed by atoms with Gasteiger partial charge in [0.15, 0.2) is 0 Å². The minimum atomic E-state index is 0.698. The molecule has 0 amide bonds. The monoisotopic (exact) mass is 116 g/mol. The Bertz CT molecular complexity index is 101. The summed E-state index contributed by atoms with van der Waals surface area (Å²) in [5.41, 5.74) is 0.698. The maximum Gasteiger partial charge on any atom is 0.146 e. The summed E-state index contributed by atoms with van der Waals surface area (Å²) in [5.74, 6) is 0. The molecular formula is C5H8OS. The number of hydrogen-bond donors (Lipinski definition) is 1. The summed E-state index contributed by atoms with van der Waals surface area (Å²) in [6, 6.07) is 0. The Labute approximate surface area is 48.8 Å². The Morgan fingerprint density at radius 2 is 2.00 bits per heavy atom. The van der Waals surface area contributed by atoms with Gasteiger partial charge in [0.2, 0.25) is 0 Å². The van der Waals surface area contributed by atoms with Gasteiger partial charge in [-0.2, -0.15) is 0 Å². The average molecular weight is 116 g/mol. The number of carbonyl (C=O) groups is 1. The lowest BCUT2D eigenvalue weighted by Crippen LogP contribution is -1.75. The van der Waals surface area contributed by atoms with E-state index in [1.54, 1.807) is 13.8 Å². The van der Waals surface area contributed by atoms with E-state index in [1.165, 1.54) is 0 Å². The Kier molecular flexibility index (Phi) is 2.76. The number of carbonyl (C=O) groups excluding carboxylic acids is 1. The molecule has 1 nitrogen and oxygen atoms in total. The Morgan fingerprint density at radius 3 is 2.00 bits per heavy atom. The van der Waals surface area contributed by atoms with E-state index < -0.39 is 0 Å². The smallest absolute Gasteiger partial charge is 0.146 e. The zero-order chi connectivity index (χ0) is 5.86. The van der Waals surface area contributed by atoms with Crippen LogP contribution in [0.5, 0.6) is 0 Å². The largest absolute Gasteiger partial charge is 0.298 e. The highest BCUT2D eigenvalue weighted by molar-refractivity contribution is 7.84. The molecule has 0 aliphatic heterocycles. The van der Waals surface area contributed by atoms with Gasteiger partial charge in [-0.05, 0) is 24.3 Å². The minimum absolute atomic E-state index is 0.698. The lowest BCUT2D eigenvalue weighted by Gasteiger charge is -1.85. The minimum Gasteiger partial charge on any atom is -0.298 e. The molecular weight excluding hydrogens is 108 g/mol. The molecule has 0 saturated carbocycles. The van der Waals surface area contributed by atoms with Crippen LogP contribution in [0, 0.1) is 0 Å². The van der Waals surface area contributed by atoms with Gasteiger partial charge in [0.25, 0.3) is 0 Å². The molecule has 0 spiro atoms. The maximum absolute atomic E-state index is 9.84. The van der Waals surface area contributed by atoms with E-state index in [4.69, 9.17) is 0 Å². The zero-order valence-corrected chi connectivity index (χ0v) is 5.33. The van der Waals surface area contributed by atoms with Crippen molar-refractivity contribution in [3.05, 3.63) is 10.5 Å². The Morgan fingerprint density at radius 1 is 1.57 bits per heavy atom. The van der Waals surface area contributed by atoms with Gasteiger partial charge in [-0.1, -0.05) is 0 Å². The molecule has 0 atom stereocenters. The number of thiol groups is 1. The van der Waals surface area contributed by atoms with Crippen LogP contribution >= 0.6 is 12.6 Å². The van der Waals surface area contributed by atoms with E-state index in [0.29, 0.717) is 5.57 Å². The predicted molar refractivity (Wildman–Crippen MR) is 33.4 cm³/mol. The highest BCUT2D eigenvalue weighted by atomic mass is 32.1. The van der Waals surface area contributed by atoms with Crippen molar-refractivity contribution in [1.82, 2.24) is 0 Å². The first kappa shape index (κ1) is 6.76. The fourth-order valence-corrected chi connectivity index (χ4v) is 0.138. The van der Waals surface area contributed by atoms with E-state index in [2.05, 4.69) is 12.6 Å². The standard InChI is InChI=1S/C5H8OS/c1-4(3-6)5(2)7/h3,7H,1-2H3/b5-4-. The Balaban J connectivity index is 3.98. The summed E-state index contributed by atoms with van der Waals surface area (Å²) >= 11 is 3.92. The number of hydrogen-bond acceptors (Lipinski definition) is 2. The molecule has 7 heavy (non-hydrogen) atoms. The molecule has 0 unspecified atom stereocenters. The van der Waals surface area contributed by atoms with Crippen LogP contribution < -0.4 is 0 Å². The van der Waals surface area contributed by atoms with Crippen molar-refractivity contribution < 1.29 is 4.79 Å². The summed E-state index contributed by atoms with van der Waals surface area (Å²) in [5, 5.41) is 0. The molecule has 40 valence electrons. The average Bonchev–Trinajstić information content (AvgIpc) is 1.65. The van der Waals surface area contributed by atoms with E-state index in [9.17, 15) is 4.79 Å². The lowest BCUT2D eigenvalue weighted by atomic mass is 10.3. The molecule has 0 heterocycles. The first-order valence-electron chi connectivity index (χ1n) is 2.00. The van der Waals surface area contributed by atoms with Crippen LogP contribution in [0.25, 0.3) is 0 Å². The predicted octanol–water partition coefficient (Wildman–Crippen LogP) is 1.41. The second-order valence-electron chi connectivity index (χ2n) is 1.39. The Hall–Kier alpha value is -0.240. The number of aldehydes is 1. The van der Waals surface area contributed by atoms with Gasteiger partial charge in [-0.3, -0.25) is 4.79 Å². The molecule has 2 heteroatoms. The van der Waals surface area contributed by atoms with Crippen LogP contribution in [0.2, 0.25) is 0 Å². The van der Waals surface area contributed by atoms with Gasteiger partial charge < -0.3 is 0 Å². The molecule has 0 aromatic carbocycles. The zero-order valence-electron chi connectivity index (χ0n) is 4.43. The first-order valence-corrected chi connectivity index (χ1v) is 2.45. The number of allylic oxidation sites excluding steroid dienone is 2. The molecule has 0 aromatic heterocycles. The van der Waals surface area contributed by atoms with Crippen molar-refractivity contribution in [2.75, 3.05) is 0 Å². The molecule has 0 aliphatic rings. The van der Waals surface area contributed by atoms with Gasteiger partial charge in [0, 0.05) is 0 Å². The fourth-order valence-electron chi connectivity index (χ4n) is 0.0853. The van der Waals surface area contributed by atoms with Gasteiger partial charge in [0.05, 0.1) is 0 Å². The van der Waals surface area contributed by atoms with Crippen molar-refractivity contribution in [3.8, 4) is 0 Å². The van der Waals surface area contributed by atoms with E-state index >= 15 is 0 Å². The van der Waals surface area contributed by atoms with Crippen molar-refractivity contribution in [2.24, 2.45) is 0 Å². The highest BCUT2D eigenvalue weighted by Crippen LogP contribution is 2.02. The second kappa shape index (κ2) is 2.86. The summed E-state index contributed by atoms with van der Waals surface area (Å²) in [4.78, 5) is 10.6. The van der Waals surface area contributed by atoms with Crippen molar-refractivity contribution in [2.45, 2.75) is 13.8 Å². The lowest BCUT2D eigenvalue weighted by molar-refractivity contribution is -0.104. The SMILES string of the molecule is C/C(S)=C(\C)C=O. The summed E-state index contributed by atoms with van der Waals surface area (Å²) in [6.07, 6.45) is 0.794. The van der Waals surface area contributed by atoms with Crippen LogP contribution in [0.15, 0.2) is 10.5 Å². The van der Waals surface area contributed by atoms with E-state index in [0.717, 1.165) is 11.2 Å². The van der Waals surface area contributed by atoms with Crippen molar-refractivity contribution in [1.29, 1.82) is 0 Å². The van der Waals surface area contributed by atoms with Crippen LogP contribution in [0.4, 0.5) is 0 Å². The molecule has 0 fully saturated rings. The molecule has 0 rings (SSSR count). The summed E-state index contributed by atoms with van der Waals surface area (Å²) < 4.78 is 0. The first-order chi connectivity index (χ1) is 3.18. The molecule has 0 N–H and O–H groups in total. The molecule has 0 aromatic rings. The molecule has 0 aliphatic carbocycles. The van der Waals surface area contributed by atoms with Crippen LogP contribution in [0.3, 0.4) is 0 Å². The topological polar surface area (TPSA) is 17.1 Å². The van der Waals surface area contributed by atoms with Crippen LogP contribution in [0.1, 0.15) is 13.8 Å². The van der Waals surface area contributed by atoms with Crippen molar-refractivity contribution >= 4 is 18.9 Å². The third-order valence-corrected chi connectivity index (χ3v) is 1.10. The highest BCUT2D eigenvalue weighted by Gasteiger charge is 1.84.